The van der Waals surface area contributed by atoms with E-state index >= 15 is 0 Å². The van der Waals surface area contributed by atoms with Crippen LogP contribution in [0.5, 0.6) is 0 Å². The summed E-state index contributed by atoms with van der Waals surface area (Å²) in [6.45, 7) is 17.2. The molecule has 0 spiro atoms. The molecule has 0 aromatic heterocycles. The van der Waals surface area contributed by atoms with Crippen LogP contribution in [0.2, 0.25) is 0 Å². The number of hydrogen-bond donors (Lipinski definition) is 3. The monoisotopic (exact) mass is 721 g/mol. The molecule has 0 aromatic rings. The number of nitrogens with zero attached hydrogens (tertiary/aromatic N) is 3. The molecule has 12 heteroatoms. The fraction of sp³-hybridized carbons (Fsp3) is 0.795. The van der Waals surface area contributed by atoms with E-state index in [1.54, 1.807) is 26.2 Å². The lowest BCUT2D eigenvalue weighted by Crippen LogP contribution is -2.59. The Hall–Kier alpha value is -2.80. The van der Waals surface area contributed by atoms with Gasteiger partial charge in [0.1, 0.15) is 6.04 Å². The molecule has 8 atom stereocenters. The second kappa shape index (κ2) is 23.0. The zero-order valence-corrected chi connectivity index (χ0v) is 34.0. The smallest absolute Gasteiger partial charge is 0.245 e. The molecule has 4 amide bonds. The van der Waals surface area contributed by atoms with Crippen LogP contribution in [0.1, 0.15) is 87.5 Å². The van der Waals surface area contributed by atoms with Crippen molar-refractivity contribution in [2.75, 3.05) is 55.0 Å². The van der Waals surface area contributed by atoms with Gasteiger partial charge in [-0.05, 0) is 58.0 Å². The van der Waals surface area contributed by atoms with Gasteiger partial charge in [-0.3, -0.25) is 24.1 Å². The van der Waals surface area contributed by atoms with Crippen LogP contribution in [0.15, 0.2) is 23.8 Å². The van der Waals surface area contributed by atoms with Gasteiger partial charge in [-0.1, -0.05) is 78.7 Å². The molecule has 0 aliphatic carbocycles. The van der Waals surface area contributed by atoms with Gasteiger partial charge >= 0.3 is 0 Å². The van der Waals surface area contributed by atoms with Crippen LogP contribution >= 0.6 is 0 Å². The van der Waals surface area contributed by atoms with Crippen LogP contribution in [0, 0.1) is 23.7 Å². The van der Waals surface area contributed by atoms with Crippen LogP contribution in [0.4, 0.5) is 0 Å². The van der Waals surface area contributed by atoms with Crippen molar-refractivity contribution in [3.8, 4) is 0 Å². The number of nitrogens with one attached hydrogen (secondary N) is 2. The number of carbonyl (C=O) groups is 4. The number of methoxy groups -OCH3 is 2. The second-order valence-corrected chi connectivity index (χ2v) is 15.0. The molecule has 51 heavy (non-hydrogen) atoms. The maximum absolute atomic E-state index is 14.2. The predicted octanol–water partition coefficient (Wildman–Crippen LogP) is 3.60. The van der Waals surface area contributed by atoms with Gasteiger partial charge < -0.3 is 35.6 Å². The maximum atomic E-state index is 14.2. The Kier molecular flexibility index (Phi) is 20.8. The van der Waals surface area contributed by atoms with Crippen LogP contribution in [-0.4, -0.2) is 130 Å². The van der Waals surface area contributed by atoms with E-state index in [0.717, 1.165) is 24.8 Å². The van der Waals surface area contributed by atoms with Gasteiger partial charge in [0.05, 0.1) is 42.7 Å². The Balaban J connectivity index is 3.19. The fourth-order valence-electron chi connectivity index (χ4n) is 7.45. The number of allylic oxidation sites excluding steroid dienone is 2. The third kappa shape index (κ3) is 13.3. The minimum Gasteiger partial charge on any atom is -0.379 e. The summed E-state index contributed by atoms with van der Waals surface area (Å²) >= 11 is 0. The van der Waals surface area contributed by atoms with Crippen molar-refractivity contribution in [2.45, 2.75) is 124 Å². The summed E-state index contributed by atoms with van der Waals surface area (Å²) in [6.07, 6.45) is 7.81. The molecule has 1 aliphatic heterocycles. The van der Waals surface area contributed by atoms with E-state index < -0.39 is 30.2 Å². The fourth-order valence-corrected chi connectivity index (χ4v) is 7.45. The highest BCUT2D eigenvalue weighted by Crippen LogP contribution is 2.29. The van der Waals surface area contributed by atoms with Gasteiger partial charge in [-0.2, -0.15) is 0 Å². The lowest BCUT2D eigenvalue weighted by atomic mass is 9.89. The molecule has 0 saturated carbocycles. The summed E-state index contributed by atoms with van der Waals surface area (Å²) in [7, 11) is 8.64. The average molecular weight is 721 g/mol. The summed E-state index contributed by atoms with van der Waals surface area (Å²) in [6, 6.07) is -1.82. The van der Waals surface area contributed by atoms with E-state index in [4.69, 9.17) is 15.2 Å². The van der Waals surface area contributed by atoms with Crippen molar-refractivity contribution in [1.82, 2.24) is 25.3 Å². The molecule has 4 N–H and O–H groups in total. The van der Waals surface area contributed by atoms with Crippen LogP contribution in [0.3, 0.4) is 0 Å². The Morgan fingerprint density at radius 1 is 0.980 bits per heavy atom. The molecule has 1 rings (SSSR count). The highest BCUT2D eigenvalue weighted by atomic mass is 16.5. The number of ether oxygens (including phenoxy) is 2. The molecule has 0 aromatic carbocycles. The third-order valence-electron chi connectivity index (χ3n) is 10.5. The first-order valence-corrected chi connectivity index (χ1v) is 18.9. The van der Waals surface area contributed by atoms with Crippen molar-refractivity contribution in [1.29, 1.82) is 0 Å². The first kappa shape index (κ1) is 46.2. The molecule has 1 saturated heterocycles. The van der Waals surface area contributed by atoms with Crippen molar-refractivity contribution in [3.63, 3.8) is 0 Å². The van der Waals surface area contributed by atoms with Crippen molar-refractivity contribution >= 4 is 23.6 Å². The van der Waals surface area contributed by atoms with Gasteiger partial charge in [-0.15, -0.1) is 0 Å². The highest BCUT2D eigenvalue weighted by Gasteiger charge is 2.43. The second-order valence-electron chi connectivity index (χ2n) is 15.0. The van der Waals surface area contributed by atoms with E-state index in [1.807, 2.05) is 83.7 Å². The normalized spacial score (nSPS) is 19.6. The number of nitrogens with two attached hydrogens (primary N) is 1. The molecule has 1 heterocycles. The molecule has 0 radical (unpaired) electrons. The summed E-state index contributed by atoms with van der Waals surface area (Å²) in [4.78, 5) is 60.3. The number of likely N-dealkylation sites (N-methyl/N-ethyl adjacent to an activating group) is 2. The zero-order valence-electron chi connectivity index (χ0n) is 34.0. The van der Waals surface area contributed by atoms with Crippen LogP contribution in [-0.2, 0) is 28.7 Å². The van der Waals surface area contributed by atoms with E-state index in [1.165, 1.54) is 0 Å². The third-order valence-corrected chi connectivity index (χ3v) is 10.5. The molecular weight excluding hydrogens is 648 g/mol. The molecule has 7 unspecified atom stereocenters. The van der Waals surface area contributed by atoms with Crippen molar-refractivity contribution in [3.05, 3.63) is 23.8 Å². The quantitative estimate of drug-likeness (QED) is 0.144. The van der Waals surface area contributed by atoms with Gasteiger partial charge in [0.25, 0.3) is 0 Å². The number of rotatable bonds is 22. The molecule has 12 nitrogen and oxygen atoms in total. The molecule has 0 bridgehead atoms. The lowest BCUT2D eigenvalue weighted by Gasteiger charge is -2.41. The maximum Gasteiger partial charge on any atom is 0.245 e. The standard InChI is InChI=1S/C39H72N6O6/c1-14-27(7)35(44(11)39(49)33(25(3)4)42-38(48)34(26(5)6)43(9)10)31(50-12)24-32(46)45-23-17-19-30(45)36(51-13)28(8)37(47)41-22-20-29(15-2)18-16-21-40/h15-16,18,25-28,30-31,33-36H,14,17,19-24,40H2,1-13H3,(H,41,47)(H,42,48)/b18-16-,29-15+/t27?,28?,30?,31?,33-,34?,35?,36?/m0/s1. The van der Waals surface area contributed by atoms with E-state index in [-0.39, 0.29) is 59.9 Å². The predicted molar refractivity (Wildman–Crippen MR) is 205 cm³/mol. The van der Waals surface area contributed by atoms with E-state index in [9.17, 15) is 19.2 Å². The summed E-state index contributed by atoms with van der Waals surface area (Å²) in [5.41, 5.74) is 6.67. The number of carbonyl (C=O) groups excluding carboxylic acids is 4. The van der Waals surface area contributed by atoms with E-state index in [0.29, 0.717) is 26.1 Å². The topological polar surface area (TPSA) is 147 Å². The molecule has 1 fully saturated rings. The van der Waals surface area contributed by atoms with E-state index in [2.05, 4.69) is 24.5 Å². The minimum atomic E-state index is -0.742. The van der Waals surface area contributed by atoms with Gasteiger partial charge in [0, 0.05) is 40.9 Å². The number of likely N-dealkylation sites (tertiary alicyclic amines) is 1. The summed E-state index contributed by atoms with van der Waals surface area (Å²) in [5.74, 6) is -1.20. The summed E-state index contributed by atoms with van der Waals surface area (Å²) in [5, 5.41) is 6.08. The zero-order chi connectivity index (χ0) is 39.0. The number of hydrogen-bond acceptors (Lipinski definition) is 8. The van der Waals surface area contributed by atoms with Crippen molar-refractivity contribution in [2.24, 2.45) is 29.4 Å². The van der Waals surface area contributed by atoms with Crippen molar-refractivity contribution < 1.29 is 28.7 Å². The number of amides is 4. The van der Waals surface area contributed by atoms with Gasteiger partial charge in [0.15, 0.2) is 0 Å². The van der Waals surface area contributed by atoms with Crippen LogP contribution < -0.4 is 16.4 Å². The molecule has 1 aliphatic rings. The molecule has 294 valence electrons. The minimum absolute atomic E-state index is 0.00378. The molecular formula is C39H72N6O6. The Labute approximate surface area is 309 Å². The first-order chi connectivity index (χ1) is 24.0. The Morgan fingerprint density at radius 2 is 1.63 bits per heavy atom. The highest BCUT2D eigenvalue weighted by molar-refractivity contribution is 5.90. The largest absolute Gasteiger partial charge is 0.379 e. The lowest BCUT2D eigenvalue weighted by molar-refractivity contribution is -0.148. The average Bonchev–Trinajstić information content (AvgIpc) is 3.57. The Bertz CT molecular complexity index is 1150. The SMILES string of the molecule is C/C=C(\C=C/CN)CCNC(=O)C(C)C(OC)C1CCCN1C(=O)CC(OC)C(C(C)CC)N(C)C(=O)[C@@H](NC(=O)C(C(C)C)N(C)C)C(C)C. The Morgan fingerprint density at radius 3 is 2.12 bits per heavy atom. The van der Waals surface area contributed by atoms with Crippen LogP contribution in [0.25, 0.3) is 0 Å². The van der Waals surface area contributed by atoms with Gasteiger partial charge in [-0.25, -0.2) is 0 Å². The summed E-state index contributed by atoms with van der Waals surface area (Å²) < 4.78 is 11.9. The first-order valence-electron chi connectivity index (χ1n) is 18.9. The van der Waals surface area contributed by atoms with Gasteiger partial charge in [0.2, 0.25) is 23.6 Å².